The topological polar surface area (TPSA) is 161 Å². The lowest BCUT2D eigenvalue weighted by Crippen LogP contribution is -2.59. The molecule has 0 radical (unpaired) electrons. The number of imidazole rings is 1. The van der Waals surface area contributed by atoms with Crippen LogP contribution in [0.1, 0.15) is 47.8 Å². The number of rotatable bonds is 6. The molecule has 0 amide bonds. The van der Waals surface area contributed by atoms with Gasteiger partial charge in [0.05, 0.1) is 30.4 Å². The highest BCUT2D eigenvalue weighted by Gasteiger charge is 2.67. The zero-order valence-corrected chi connectivity index (χ0v) is 27.2. The maximum atomic E-state index is 12.9. The molecule has 1 fully saturated rings. The first-order valence-electron chi connectivity index (χ1n) is 12.9. The van der Waals surface area contributed by atoms with E-state index in [-0.39, 0.29) is 33.5 Å². The average molecular weight is 600 g/mol. The summed E-state index contributed by atoms with van der Waals surface area (Å²) in [5.74, 6) is 0. The van der Waals surface area contributed by atoms with Crippen molar-refractivity contribution >= 4 is 37.9 Å². The van der Waals surface area contributed by atoms with E-state index in [9.17, 15) is 13.2 Å². The van der Waals surface area contributed by atoms with E-state index in [1.54, 1.807) is 4.57 Å². The number of hydrogen-bond acceptors (Lipinski definition) is 10. The van der Waals surface area contributed by atoms with Gasteiger partial charge in [-0.05, 0) is 36.3 Å². The highest BCUT2D eigenvalue weighted by Crippen LogP contribution is 2.52. The Morgan fingerprint density at radius 1 is 1.10 bits per heavy atom. The molecule has 0 aromatic carbocycles. The van der Waals surface area contributed by atoms with Crippen LogP contribution in [0.5, 0.6) is 0 Å². The summed E-state index contributed by atoms with van der Waals surface area (Å²) in [5.41, 5.74) is 4.76. The van der Waals surface area contributed by atoms with Gasteiger partial charge in [-0.15, -0.1) is 0 Å². The van der Waals surface area contributed by atoms with Gasteiger partial charge in [-0.1, -0.05) is 41.5 Å². The van der Waals surface area contributed by atoms with E-state index in [2.05, 4.69) is 82.7 Å². The molecule has 4 rings (SSSR count). The standard InChI is InChI=1S/C24H41N5O7SSi2/c1-22(2,3)38(7,8)33-11-16-24(15(25)12-37(31,32)36-24)18(35-39(9,10)23(4,5)6)21(34-16)29-14-28-17-19(29)26-13-27-20(17)30/h12-14,16,18,21H,11,25H2,1-10H3,(H,26,27,30)/t16?,18-,21+,24?/m0/s1. The molecule has 12 nitrogen and oxygen atoms in total. The second-order valence-corrected chi connectivity index (χ2v) is 24.3. The Morgan fingerprint density at radius 3 is 2.26 bits per heavy atom. The molecule has 218 valence electrons. The quantitative estimate of drug-likeness (QED) is 0.372. The molecule has 0 bridgehead atoms. The Morgan fingerprint density at radius 2 is 1.72 bits per heavy atom. The fourth-order valence-electron chi connectivity index (χ4n) is 4.26. The number of ether oxygens (including phenoxy) is 1. The molecular formula is C24H41N5O7SSi2. The third kappa shape index (κ3) is 5.06. The summed E-state index contributed by atoms with van der Waals surface area (Å²) >= 11 is 0. The number of aromatic amines is 1. The van der Waals surface area contributed by atoms with E-state index in [0.29, 0.717) is 0 Å². The summed E-state index contributed by atoms with van der Waals surface area (Å²) in [4.78, 5) is 23.5. The van der Waals surface area contributed by atoms with Gasteiger partial charge in [0.15, 0.2) is 39.6 Å². The molecule has 0 aliphatic carbocycles. The number of hydrogen-bond donors (Lipinski definition) is 2. The second kappa shape index (κ2) is 9.32. The van der Waals surface area contributed by atoms with Gasteiger partial charge in [-0.3, -0.25) is 9.36 Å². The Bertz CT molecular complexity index is 1460. The summed E-state index contributed by atoms with van der Waals surface area (Å²) in [5, 5.41) is 0.580. The predicted molar refractivity (Wildman–Crippen MR) is 152 cm³/mol. The van der Waals surface area contributed by atoms with Crippen LogP contribution >= 0.6 is 0 Å². The molecule has 2 aliphatic heterocycles. The molecule has 4 atom stereocenters. The number of aromatic nitrogens is 4. The fourth-order valence-corrected chi connectivity index (χ4v) is 7.77. The highest BCUT2D eigenvalue weighted by molar-refractivity contribution is 7.90. The average Bonchev–Trinajstić information content (AvgIpc) is 3.38. The Kier molecular flexibility index (Phi) is 7.19. The first-order chi connectivity index (χ1) is 17.6. The van der Waals surface area contributed by atoms with E-state index in [4.69, 9.17) is 23.5 Å². The third-order valence-corrected chi connectivity index (χ3v) is 18.7. The van der Waals surface area contributed by atoms with Gasteiger partial charge in [-0.25, -0.2) is 14.2 Å². The van der Waals surface area contributed by atoms with E-state index in [0.717, 1.165) is 5.41 Å². The summed E-state index contributed by atoms with van der Waals surface area (Å²) in [7, 11) is -9.01. The molecular weight excluding hydrogens is 559 g/mol. The number of fused-ring (bicyclic) bond motifs is 1. The van der Waals surface area contributed by atoms with Crippen molar-refractivity contribution in [3.05, 3.63) is 34.1 Å². The molecule has 4 heterocycles. The van der Waals surface area contributed by atoms with Crippen LogP contribution in [0.2, 0.25) is 36.3 Å². The molecule has 39 heavy (non-hydrogen) atoms. The molecule has 0 saturated carbocycles. The number of nitrogens with zero attached hydrogens (tertiary/aromatic N) is 3. The summed E-state index contributed by atoms with van der Waals surface area (Å²) in [6, 6.07) is 0. The lowest BCUT2D eigenvalue weighted by molar-refractivity contribution is -0.0535. The van der Waals surface area contributed by atoms with Crippen LogP contribution in [0, 0.1) is 0 Å². The van der Waals surface area contributed by atoms with Crippen molar-refractivity contribution in [2.45, 2.75) is 102 Å². The van der Waals surface area contributed by atoms with Crippen molar-refractivity contribution < 1.29 is 26.2 Å². The van der Waals surface area contributed by atoms with Crippen LogP contribution in [0.15, 0.2) is 28.6 Å². The van der Waals surface area contributed by atoms with Crippen LogP contribution in [-0.2, 0) is 27.9 Å². The minimum atomic E-state index is -4.14. The first kappa shape index (κ1) is 30.1. The van der Waals surface area contributed by atoms with Gasteiger partial charge < -0.3 is 24.3 Å². The molecule has 15 heteroatoms. The third-order valence-electron chi connectivity index (χ3n) is 8.71. The minimum absolute atomic E-state index is 0.0206. The monoisotopic (exact) mass is 599 g/mol. The van der Waals surface area contributed by atoms with Gasteiger partial charge in [-0.2, -0.15) is 8.42 Å². The van der Waals surface area contributed by atoms with Gasteiger partial charge in [0.25, 0.3) is 15.7 Å². The number of H-pyrrole nitrogens is 1. The van der Waals surface area contributed by atoms with Crippen molar-refractivity contribution in [1.29, 1.82) is 0 Å². The van der Waals surface area contributed by atoms with Crippen LogP contribution in [0.4, 0.5) is 0 Å². The Balaban J connectivity index is 1.90. The van der Waals surface area contributed by atoms with E-state index >= 15 is 0 Å². The fraction of sp³-hybridized carbons (Fsp3) is 0.708. The molecule has 2 aromatic heterocycles. The SMILES string of the molecule is CC(C)(C)[Si](C)(C)OCC1O[C@@H](n2cnc3c(=O)[nH]cnc32)[C@H](O[Si](C)(C)C(C)(C)C)C12OS(=O)(=O)C=C2N. The zero-order chi connectivity index (χ0) is 29.4. The molecule has 2 aromatic rings. The maximum Gasteiger partial charge on any atom is 0.292 e. The van der Waals surface area contributed by atoms with Crippen molar-refractivity contribution in [2.75, 3.05) is 6.61 Å². The van der Waals surface area contributed by atoms with Crippen LogP contribution in [-0.4, -0.2) is 69.0 Å². The van der Waals surface area contributed by atoms with E-state index < -0.39 is 56.3 Å². The molecule has 1 spiro atoms. The van der Waals surface area contributed by atoms with E-state index in [1.807, 2.05) is 0 Å². The van der Waals surface area contributed by atoms with Crippen LogP contribution in [0.25, 0.3) is 11.2 Å². The second-order valence-electron chi connectivity index (χ2n) is 13.4. The van der Waals surface area contributed by atoms with Crippen molar-refractivity contribution in [3.8, 4) is 0 Å². The van der Waals surface area contributed by atoms with Crippen LogP contribution < -0.4 is 11.3 Å². The Hall–Kier alpha value is -1.89. The van der Waals surface area contributed by atoms with Crippen molar-refractivity contribution in [1.82, 2.24) is 19.5 Å². The van der Waals surface area contributed by atoms with Crippen molar-refractivity contribution in [3.63, 3.8) is 0 Å². The first-order valence-corrected chi connectivity index (χ1v) is 20.2. The van der Waals surface area contributed by atoms with Gasteiger partial charge in [0, 0.05) is 0 Å². The number of nitrogens with one attached hydrogen (secondary N) is 1. The van der Waals surface area contributed by atoms with Crippen LogP contribution in [0.3, 0.4) is 0 Å². The molecule has 2 unspecified atom stereocenters. The van der Waals surface area contributed by atoms with E-state index in [1.165, 1.54) is 12.7 Å². The normalized spacial score (nSPS) is 27.9. The number of nitrogens with two attached hydrogens (primary N) is 1. The lowest BCUT2D eigenvalue weighted by atomic mass is 9.89. The minimum Gasteiger partial charge on any atom is -0.414 e. The zero-order valence-electron chi connectivity index (χ0n) is 24.4. The summed E-state index contributed by atoms with van der Waals surface area (Å²) in [6.45, 7) is 20.9. The molecule has 1 saturated heterocycles. The maximum absolute atomic E-state index is 12.9. The predicted octanol–water partition coefficient (Wildman–Crippen LogP) is 3.33. The van der Waals surface area contributed by atoms with Gasteiger partial charge >= 0.3 is 0 Å². The Labute approximate surface area is 231 Å². The molecule has 2 aliphatic rings. The lowest BCUT2D eigenvalue weighted by Gasteiger charge is -2.43. The van der Waals surface area contributed by atoms with Gasteiger partial charge in [0.2, 0.25) is 0 Å². The highest BCUT2D eigenvalue weighted by atomic mass is 32.2. The summed E-state index contributed by atoms with van der Waals surface area (Å²) < 4.78 is 53.2. The van der Waals surface area contributed by atoms with Gasteiger partial charge in [0.1, 0.15) is 12.2 Å². The van der Waals surface area contributed by atoms with Crippen molar-refractivity contribution in [2.24, 2.45) is 5.73 Å². The molecule has 3 N–H and O–H groups in total. The smallest absolute Gasteiger partial charge is 0.292 e. The summed E-state index contributed by atoms with van der Waals surface area (Å²) in [6.07, 6.45) is -0.210. The largest absolute Gasteiger partial charge is 0.414 e.